The summed E-state index contributed by atoms with van der Waals surface area (Å²) < 4.78 is 10.9. The summed E-state index contributed by atoms with van der Waals surface area (Å²) in [5, 5.41) is 0. The van der Waals surface area contributed by atoms with Gasteiger partial charge >= 0.3 is 0 Å². The zero-order valence-corrected chi connectivity index (χ0v) is 19.1. The lowest BCUT2D eigenvalue weighted by Crippen LogP contribution is -2.49. The molecule has 2 unspecified atom stereocenters. The highest BCUT2D eigenvalue weighted by molar-refractivity contribution is 6.01. The van der Waals surface area contributed by atoms with Crippen LogP contribution in [-0.4, -0.2) is 33.1 Å². The maximum Gasteiger partial charge on any atom is 0.232 e. The van der Waals surface area contributed by atoms with Crippen molar-refractivity contribution in [2.24, 2.45) is 5.92 Å². The van der Waals surface area contributed by atoms with Gasteiger partial charge in [0.15, 0.2) is 0 Å². The Morgan fingerprint density at radius 1 is 0.909 bits per heavy atom. The van der Waals surface area contributed by atoms with Crippen LogP contribution in [0.5, 0.6) is 11.5 Å². The molecule has 1 aliphatic heterocycles. The van der Waals surface area contributed by atoms with E-state index < -0.39 is 12.0 Å². The summed E-state index contributed by atoms with van der Waals surface area (Å²) in [5.74, 6) is 0.848. The molecular weight excluding hydrogens is 416 g/mol. The van der Waals surface area contributed by atoms with E-state index in [0.717, 1.165) is 16.9 Å². The van der Waals surface area contributed by atoms with Crippen LogP contribution < -0.4 is 19.3 Å². The molecule has 0 aromatic heterocycles. The molecule has 1 saturated heterocycles. The van der Waals surface area contributed by atoms with Crippen LogP contribution in [0.1, 0.15) is 24.4 Å². The molecule has 0 saturated carbocycles. The quantitative estimate of drug-likeness (QED) is 0.545. The molecule has 0 spiro atoms. The van der Waals surface area contributed by atoms with Crippen molar-refractivity contribution in [3.63, 3.8) is 0 Å². The second kappa shape index (κ2) is 9.77. The van der Waals surface area contributed by atoms with Crippen molar-refractivity contribution in [1.29, 1.82) is 0 Å². The molecule has 3 aromatic rings. The zero-order valence-electron chi connectivity index (χ0n) is 19.1. The number of benzene rings is 3. The molecule has 1 aliphatic rings. The Morgan fingerprint density at radius 3 is 2.24 bits per heavy atom. The second-order valence-corrected chi connectivity index (χ2v) is 8.03. The third-order valence-electron chi connectivity index (χ3n) is 6.20. The number of carbonyl (C=O) groups is 2. The Hall–Kier alpha value is -3.80. The minimum absolute atomic E-state index is 0.0255. The number of nitrogens with zero attached hydrogens (tertiary/aromatic N) is 2. The third kappa shape index (κ3) is 4.42. The van der Waals surface area contributed by atoms with Crippen molar-refractivity contribution in [3.05, 3.63) is 84.4 Å². The lowest BCUT2D eigenvalue weighted by Gasteiger charge is -2.42. The molecule has 3 aromatic carbocycles. The summed E-state index contributed by atoms with van der Waals surface area (Å²) in [6.07, 6.45) is 0.751. The fraction of sp³-hybridized carbons (Fsp3) is 0.259. The molecule has 1 heterocycles. The van der Waals surface area contributed by atoms with Crippen molar-refractivity contribution in [2.75, 3.05) is 31.1 Å². The minimum atomic E-state index is -0.505. The molecule has 33 heavy (non-hydrogen) atoms. The molecule has 0 aliphatic carbocycles. The number of piperidine rings is 1. The van der Waals surface area contributed by atoms with E-state index in [4.69, 9.17) is 9.47 Å². The van der Waals surface area contributed by atoms with Gasteiger partial charge in [-0.05, 0) is 48.9 Å². The van der Waals surface area contributed by atoms with Crippen LogP contribution in [0.2, 0.25) is 0 Å². The Balaban J connectivity index is 1.81. The van der Waals surface area contributed by atoms with Crippen molar-refractivity contribution in [2.45, 2.75) is 18.9 Å². The van der Waals surface area contributed by atoms with E-state index in [-0.39, 0.29) is 18.2 Å². The number of para-hydroxylation sites is 2. The van der Waals surface area contributed by atoms with E-state index in [1.54, 1.807) is 31.1 Å². The Morgan fingerprint density at radius 2 is 1.58 bits per heavy atom. The predicted octanol–water partition coefficient (Wildman–Crippen LogP) is 4.85. The first-order valence-corrected chi connectivity index (χ1v) is 11.0. The molecule has 0 N–H and O–H groups in total. The number of hydrogen-bond acceptors (Lipinski definition) is 4. The van der Waals surface area contributed by atoms with Crippen LogP contribution in [0.4, 0.5) is 11.4 Å². The molecule has 4 rings (SSSR count). The average molecular weight is 445 g/mol. The Kier molecular flexibility index (Phi) is 6.63. The summed E-state index contributed by atoms with van der Waals surface area (Å²) in [7, 11) is 4.99. The molecular formula is C27H28N2O4. The van der Waals surface area contributed by atoms with Gasteiger partial charge in [-0.25, -0.2) is 0 Å². The van der Waals surface area contributed by atoms with E-state index in [1.807, 2.05) is 78.9 Å². The first-order chi connectivity index (χ1) is 16.0. The van der Waals surface area contributed by atoms with Gasteiger partial charge in [-0.3, -0.25) is 9.59 Å². The molecule has 6 heteroatoms. The van der Waals surface area contributed by atoms with E-state index in [9.17, 15) is 9.59 Å². The van der Waals surface area contributed by atoms with Crippen LogP contribution in [0.3, 0.4) is 0 Å². The summed E-state index contributed by atoms with van der Waals surface area (Å²) in [4.78, 5) is 30.5. The summed E-state index contributed by atoms with van der Waals surface area (Å²) in [6.45, 7) is 0. The van der Waals surface area contributed by atoms with Crippen molar-refractivity contribution < 1.29 is 19.1 Å². The molecule has 2 atom stereocenters. The maximum absolute atomic E-state index is 13.8. The third-order valence-corrected chi connectivity index (χ3v) is 6.20. The first-order valence-electron chi connectivity index (χ1n) is 11.0. The molecule has 2 amide bonds. The molecule has 1 fully saturated rings. The van der Waals surface area contributed by atoms with Crippen LogP contribution in [0, 0.1) is 5.92 Å². The smallest absolute Gasteiger partial charge is 0.232 e. The van der Waals surface area contributed by atoms with Gasteiger partial charge in [0.25, 0.3) is 0 Å². The van der Waals surface area contributed by atoms with Gasteiger partial charge in [-0.15, -0.1) is 0 Å². The number of amides is 2. The fourth-order valence-electron chi connectivity index (χ4n) is 4.49. The van der Waals surface area contributed by atoms with E-state index in [2.05, 4.69) is 0 Å². The summed E-state index contributed by atoms with van der Waals surface area (Å²) >= 11 is 0. The highest BCUT2D eigenvalue weighted by Crippen LogP contribution is 2.44. The number of rotatable bonds is 6. The highest BCUT2D eigenvalue weighted by Gasteiger charge is 2.43. The van der Waals surface area contributed by atoms with Crippen molar-refractivity contribution >= 4 is 23.2 Å². The largest absolute Gasteiger partial charge is 0.497 e. The van der Waals surface area contributed by atoms with Crippen molar-refractivity contribution in [3.8, 4) is 11.5 Å². The van der Waals surface area contributed by atoms with Gasteiger partial charge in [0.2, 0.25) is 11.8 Å². The van der Waals surface area contributed by atoms with Gasteiger partial charge in [0.05, 0.1) is 26.2 Å². The molecule has 6 nitrogen and oxygen atoms in total. The minimum Gasteiger partial charge on any atom is -0.497 e. The summed E-state index contributed by atoms with van der Waals surface area (Å²) in [6, 6.07) is 24.0. The Labute approximate surface area is 194 Å². The lowest BCUT2D eigenvalue weighted by atomic mass is 9.82. The lowest BCUT2D eigenvalue weighted by molar-refractivity contribution is -0.127. The topological polar surface area (TPSA) is 59.1 Å². The van der Waals surface area contributed by atoms with Crippen LogP contribution in [0.25, 0.3) is 0 Å². The average Bonchev–Trinajstić information content (AvgIpc) is 2.88. The monoisotopic (exact) mass is 444 g/mol. The number of ether oxygens (including phenoxy) is 2. The number of carbonyl (C=O) groups excluding carboxylic acids is 2. The van der Waals surface area contributed by atoms with Gasteiger partial charge < -0.3 is 19.3 Å². The molecule has 0 radical (unpaired) electrons. The van der Waals surface area contributed by atoms with Gasteiger partial charge in [0.1, 0.15) is 11.5 Å². The Bertz CT molecular complexity index is 1110. The van der Waals surface area contributed by atoms with Crippen LogP contribution in [0.15, 0.2) is 78.9 Å². The SMILES string of the molecule is COc1ccc(N2C(=O)CCC(C(=O)N(C)c3ccccc3)C2c2ccccc2OC)cc1. The van der Waals surface area contributed by atoms with Crippen LogP contribution in [-0.2, 0) is 9.59 Å². The number of anilines is 2. The second-order valence-electron chi connectivity index (χ2n) is 8.03. The van der Waals surface area contributed by atoms with Crippen molar-refractivity contribution in [1.82, 2.24) is 0 Å². The van der Waals surface area contributed by atoms with E-state index in [1.165, 1.54) is 0 Å². The fourth-order valence-corrected chi connectivity index (χ4v) is 4.49. The normalized spacial score (nSPS) is 18.0. The highest BCUT2D eigenvalue weighted by atomic mass is 16.5. The van der Waals surface area contributed by atoms with E-state index >= 15 is 0 Å². The van der Waals surface area contributed by atoms with Crippen LogP contribution >= 0.6 is 0 Å². The van der Waals surface area contributed by atoms with Gasteiger partial charge in [-0.2, -0.15) is 0 Å². The van der Waals surface area contributed by atoms with Gasteiger partial charge in [-0.1, -0.05) is 36.4 Å². The van der Waals surface area contributed by atoms with Gasteiger partial charge in [0, 0.05) is 30.4 Å². The standard InChI is InChI=1S/C27H28N2O4/c1-28(19-9-5-4-6-10-19)27(31)23-17-18-25(30)29(20-13-15-21(32-2)16-14-20)26(23)22-11-7-8-12-24(22)33-3/h4-16,23,26H,17-18H2,1-3H3. The zero-order chi connectivity index (χ0) is 23.4. The predicted molar refractivity (Wildman–Crippen MR) is 129 cm³/mol. The molecule has 170 valence electrons. The maximum atomic E-state index is 13.8. The number of hydrogen-bond donors (Lipinski definition) is 0. The number of methoxy groups -OCH3 is 2. The first kappa shape index (κ1) is 22.4. The summed E-state index contributed by atoms with van der Waals surface area (Å²) in [5.41, 5.74) is 2.34. The van der Waals surface area contributed by atoms with E-state index in [0.29, 0.717) is 17.9 Å². The molecule has 0 bridgehead atoms.